The van der Waals surface area contributed by atoms with E-state index in [0.29, 0.717) is 6.04 Å². The monoisotopic (exact) mass is 323 g/mol. The maximum Gasteiger partial charge on any atom is 0.298 e. The smallest absolute Gasteiger partial charge is 0.298 e. The lowest BCUT2D eigenvalue weighted by Crippen LogP contribution is -2.38. The molecule has 0 spiro atoms. The minimum Gasteiger partial charge on any atom is -0.423 e. The Bertz CT molecular complexity index is 530. The first-order chi connectivity index (χ1) is 8.90. The van der Waals surface area contributed by atoms with Crippen LogP contribution in [0.4, 0.5) is 6.01 Å². The maximum absolute atomic E-state index is 5.91. The van der Waals surface area contributed by atoms with Crippen LogP contribution in [-0.2, 0) is 0 Å². The third-order valence-electron chi connectivity index (χ3n) is 4.18. The number of benzene rings is 1. The molecule has 5 rings (SSSR count). The van der Waals surface area contributed by atoms with Gasteiger partial charge in [0.05, 0.1) is 0 Å². The van der Waals surface area contributed by atoms with E-state index in [-0.39, 0.29) is 17.0 Å². The van der Waals surface area contributed by atoms with Crippen LogP contribution in [0.2, 0.25) is 0 Å². The molecule has 0 atom stereocenters. The van der Waals surface area contributed by atoms with Crippen molar-refractivity contribution < 1.29 is 4.42 Å². The number of hydrogen-bond donors (Lipinski definition) is 0. The van der Waals surface area contributed by atoms with Gasteiger partial charge in [0.15, 0.2) is 5.58 Å². The number of hydrogen-bond acceptors (Lipinski definition) is 4. The topological polar surface area (TPSA) is 32.5 Å². The van der Waals surface area contributed by atoms with E-state index >= 15 is 0 Å². The predicted octanol–water partition coefficient (Wildman–Crippen LogP) is 2.69. The van der Waals surface area contributed by atoms with Crippen molar-refractivity contribution in [1.29, 1.82) is 0 Å². The molecule has 4 nitrogen and oxygen atoms in total. The summed E-state index contributed by atoms with van der Waals surface area (Å²) in [7, 11) is 0. The Balaban J connectivity index is 0.00000110. The molecule has 0 saturated carbocycles. The van der Waals surface area contributed by atoms with Crippen molar-refractivity contribution >= 4 is 34.1 Å². The number of oxazole rings is 1. The molecule has 5 heteroatoms. The van der Waals surface area contributed by atoms with Crippen LogP contribution in [0.15, 0.2) is 28.7 Å². The second-order valence-electron chi connectivity index (χ2n) is 5.23. The quantitative estimate of drug-likeness (QED) is 0.807. The molecule has 1 aromatic heterocycles. The number of piperidine rings is 1. The standard InChI is InChI=1S/C14H17N3O.BrH/c1-2-4-13-12(3-1)15-14(18-13)17-10-9-16-7-5-11(17)6-8-16;/h1-4,11H,5-10H2;1H. The number of aromatic nitrogens is 1. The molecule has 3 aliphatic heterocycles. The highest BCUT2D eigenvalue weighted by Crippen LogP contribution is 2.28. The van der Waals surface area contributed by atoms with E-state index in [1.54, 1.807) is 0 Å². The third kappa shape index (κ3) is 2.25. The molecule has 0 N–H and O–H groups in total. The molecule has 2 aromatic rings. The molecule has 19 heavy (non-hydrogen) atoms. The molecule has 0 aliphatic carbocycles. The highest BCUT2D eigenvalue weighted by atomic mass is 79.9. The summed E-state index contributed by atoms with van der Waals surface area (Å²) in [5.74, 6) is 0. The van der Waals surface area contributed by atoms with Crippen LogP contribution >= 0.6 is 17.0 Å². The number of nitrogens with zero attached hydrogens (tertiary/aromatic N) is 3. The van der Waals surface area contributed by atoms with Crippen LogP contribution in [0.1, 0.15) is 12.8 Å². The average molecular weight is 324 g/mol. The fourth-order valence-electron chi connectivity index (χ4n) is 3.12. The summed E-state index contributed by atoms with van der Waals surface area (Å²) in [6.45, 7) is 4.62. The minimum absolute atomic E-state index is 0. The van der Waals surface area contributed by atoms with Crippen molar-refractivity contribution in [2.45, 2.75) is 18.9 Å². The van der Waals surface area contributed by atoms with Crippen molar-refractivity contribution in [1.82, 2.24) is 9.88 Å². The summed E-state index contributed by atoms with van der Waals surface area (Å²) in [6, 6.07) is 9.43. The molecule has 2 bridgehead atoms. The first kappa shape index (κ1) is 12.9. The predicted molar refractivity (Wildman–Crippen MR) is 81.1 cm³/mol. The fourth-order valence-corrected chi connectivity index (χ4v) is 3.12. The van der Waals surface area contributed by atoms with E-state index in [1.165, 1.54) is 25.9 Å². The van der Waals surface area contributed by atoms with Crippen LogP contribution in [0.25, 0.3) is 11.1 Å². The van der Waals surface area contributed by atoms with Gasteiger partial charge in [-0.25, -0.2) is 0 Å². The Morgan fingerprint density at radius 1 is 1.05 bits per heavy atom. The van der Waals surface area contributed by atoms with Crippen LogP contribution in [0.5, 0.6) is 0 Å². The van der Waals surface area contributed by atoms with Gasteiger partial charge in [-0.05, 0) is 25.0 Å². The molecule has 0 unspecified atom stereocenters. The van der Waals surface area contributed by atoms with Gasteiger partial charge in [0.2, 0.25) is 0 Å². The lowest BCUT2D eigenvalue weighted by atomic mass is 10.1. The summed E-state index contributed by atoms with van der Waals surface area (Å²) in [6.07, 6.45) is 2.47. The maximum atomic E-state index is 5.91. The lowest BCUT2D eigenvalue weighted by Gasteiger charge is -2.30. The van der Waals surface area contributed by atoms with Crippen molar-refractivity contribution in [2.24, 2.45) is 0 Å². The zero-order chi connectivity index (χ0) is 11.9. The number of fused-ring (bicyclic) bond motifs is 5. The average Bonchev–Trinajstić information content (AvgIpc) is 2.61. The van der Waals surface area contributed by atoms with Gasteiger partial charge in [0, 0.05) is 32.2 Å². The van der Waals surface area contributed by atoms with Gasteiger partial charge in [-0.1, -0.05) is 12.1 Å². The molecule has 102 valence electrons. The number of para-hydroxylation sites is 2. The van der Waals surface area contributed by atoms with Gasteiger partial charge in [-0.15, -0.1) is 17.0 Å². The Labute approximate surface area is 123 Å². The van der Waals surface area contributed by atoms with Crippen molar-refractivity contribution in [2.75, 3.05) is 31.1 Å². The van der Waals surface area contributed by atoms with Crippen molar-refractivity contribution in [3.63, 3.8) is 0 Å². The molecule has 1 aromatic carbocycles. The Morgan fingerprint density at radius 2 is 1.84 bits per heavy atom. The number of halogens is 1. The molecule has 4 heterocycles. The van der Waals surface area contributed by atoms with E-state index < -0.39 is 0 Å². The summed E-state index contributed by atoms with van der Waals surface area (Å²) >= 11 is 0. The van der Waals surface area contributed by atoms with Crippen molar-refractivity contribution in [3.05, 3.63) is 24.3 Å². The van der Waals surface area contributed by atoms with E-state index in [2.05, 4.69) is 14.8 Å². The van der Waals surface area contributed by atoms with Gasteiger partial charge in [0.25, 0.3) is 6.01 Å². The summed E-state index contributed by atoms with van der Waals surface area (Å²) in [5.41, 5.74) is 1.86. The largest absolute Gasteiger partial charge is 0.423 e. The lowest BCUT2D eigenvalue weighted by molar-refractivity contribution is 0.249. The van der Waals surface area contributed by atoms with Crippen LogP contribution in [0.3, 0.4) is 0 Å². The molecule has 3 fully saturated rings. The van der Waals surface area contributed by atoms with Gasteiger partial charge >= 0.3 is 0 Å². The van der Waals surface area contributed by atoms with Crippen LogP contribution in [0, 0.1) is 0 Å². The van der Waals surface area contributed by atoms with E-state index in [9.17, 15) is 0 Å². The zero-order valence-corrected chi connectivity index (χ0v) is 12.5. The van der Waals surface area contributed by atoms with E-state index in [0.717, 1.165) is 30.2 Å². The molecule has 0 radical (unpaired) electrons. The van der Waals surface area contributed by atoms with Gasteiger partial charge in [-0.3, -0.25) is 0 Å². The summed E-state index contributed by atoms with van der Waals surface area (Å²) in [4.78, 5) is 9.54. The Kier molecular flexibility index (Phi) is 3.50. The highest BCUT2D eigenvalue weighted by molar-refractivity contribution is 8.93. The second kappa shape index (κ2) is 5.13. The van der Waals surface area contributed by atoms with Crippen LogP contribution < -0.4 is 4.90 Å². The van der Waals surface area contributed by atoms with E-state index in [4.69, 9.17) is 4.42 Å². The summed E-state index contributed by atoms with van der Waals surface area (Å²) < 4.78 is 5.91. The zero-order valence-electron chi connectivity index (χ0n) is 10.8. The third-order valence-corrected chi connectivity index (χ3v) is 4.18. The van der Waals surface area contributed by atoms with E-state index in [1.807, 2.05) is 24.3 Å². The molecule has 3 aliphatic rings. The highest BCUT2D eigenvalue weighted by Gasteiger charge is 2.31. The summed E-state index contributed by atoms with van der Waals surface area (Å²) in [5, 5.41) is 0. The first-order valence-corrected chi connectivity index (χ1v) is 6.75. The van der Waals surface area contributed by atoms with Gasteiger partial charge in [-0.2, -0.15) is 4.98 Å². The molecular weight excluding hydrogens is 306 g/mol. The number of anilines is 1. The Morgan fingerprint density at radius 3 is 2.63 bits per heavy atom. The second-order valence-corrected chi connectivity index (χ2v) is 5.23. The fraction of sp³-hybridized carbons (Fsp3) is 0.500. The van der Waals surface area contributed by atoms with Crippen molar-refractivity contribution in [3.8, 4) is 0 Å². The molecular formula is C14H18BrN3O. The van der Waals surface area contributed by atoms with Gasteiger partial charge in [0.1, 0.15) is 5.52 Å². The van der Waals surface area contributed by atoms with Gasteiger partial charge < -0.3 is 14.2 Å². The Hall–Kier alpha value is -1.07. The molecule has 0 amide bonds. The number of rotatable bonds is 1. The van der Waals surface area contributed by atoms with Crippen LogP contribution in [-0.4, -0.2) is 42.1 Å². The normalized spacial score (nSPS) is 26.2. The molecule has 3 saturated heterocycles. The SMILES string of the molecule is Br.c1ccc2oc(N3CCN4CCC3CC4)nc2c1. The minimum atomic E-state index is 0. The first-order valence-electron chi connectivity index (χ1n) is 6.75.